The molecule has 1 aromatic rings. The Morgan fingerprint density at radius 1 is 1.44 bits per heavy atom. The molecule has 0 spiro atoms. The Morgan fingerprint density at radius 3 is 2.75 bits per heavy atom. The van der Waals surface area contributed by atoms with Crippen molar-refractivity contribution in [2.75, 3.05) is 27.2 Å². The molecule has 1 amide bonds. The Balaban J connectivity index is 2.15. The number of carbonyl (C=O) groups excluding carboxylic acids is 1. The van der Waals surface area contributed by atoms with E-state index in [0.717, 1.165) is 6.54 Å². The highest BCUT2D eigenvalue weighted by Gasteiger charge is 2.06. The summed E-state index contributed by atoms with van der Waals surface area (Å²) in [6.07, 6.45) is 0.879. The molecule has 0 saturated carbocycles. The molecule has 0 bridgehead atoms. The summed E-state index contributed by atoms with van der Waals surface area (Å²) < 4.78 is 5.17. The molecule has 1 heterocycles. The van der Waals surface area contributed by atoms with Crippen LogP contribution >= 0.6 is 0 Å². The van der Waals surface area contributed by atoms with Gasteiger partial charge >= 0.3 is 0 Å². The molecule has 90 valence electrons. The third-order valence-electron chi connectivity index (χ3n) is 2.01. The Kier molecular flexibility index (Phi) is 4.91. The van der Waals surface area contributed by atoms with Crippen LogP contribution in [-0.4, -0.2) is 48.2 Å². The summed E-state index contributed by atoms with van der Waals surface area (Å²) in [7, 11) is 3.93. The Bertz CT molecular complexity index is 335. The van der Waals surface area contributed by atoms with E-state index in [-0.39, 0.29) is 5.91 Å². The van der Waals surface area contributed by atoms with Crippen molar-refractivity contribution in [3.8, 4) is 0 Å². The SMILES string of the molecule is Cc1nnc(CCC(=O)NCCN(C)C)o1. The number of hydrogen-bond acceptors (Lipinski definition) is 5. The lowest BCUT2D eigenvalue weighted by atomic mass is 10.3. The van der Waals surface area contributed by atoms with Crippen LogP contribution in [0.1, 0.15) is 18.2 Å². The van der Waals surface area contributed by atoms with E-state index >= 15 is 0 Å². The molecule has 1 aromatic heterocycles. The highest BCUT2D eigenvalue weighted by Crippen LogP contribution is 2.00. The van der Waals surface area contributed by atoms with Gasteiger partial charge in [-0.15, -0.1) is 10.2 Å². The van der Waals surface area contributed by atoms with E-state index in [0.29, 0.717) is 31.2 Å². The fourth-order valence-corrected chi connectivity index (χ4v) is 1.17. The van der Waals surface area contributed by atoms with E-state index in [2.05, 4.69) is 15.5 Å². The summed E-state index contributed by atoms with van der Waals surface area (Å²) in [5.41, 5.74) is 0. The summed E-state index contributed by atoms with van der Waals surface area (Å²) in [6.45, 7) is 3.23. The largest absolute Gasteiger partial charge is 0.426 e. The molecule has 0 aliphatic heterocycles. The Labute approximate surface area is 95.0 Å². The quantitative estimate of drug-likeness (QED) is 0.738. The second-order valence-corrected chi connectivity index (χ2v) is 3.87. The van der Waals surface area contributed by atoms with Crippen LogP contribution < -0.4 is 5.32 Å². The number of likely N-dealkylation sites (N-methyl/N-ethyl adjacent to an activating group) is 1. The zero-order valence-corrected chi connectivity index (χ0v) is 9.99. The van der Waals surface area contributed by atoms with Gasteiger partial charge in [0.05, 0.1) is 0 Å². The van der Waals surface area contributed by atoms with Crippen molar-refractivity contribution in [3.63, 3.8) is 0 Å². The number of nitrogens with zero attached hydrogens (tertiary/aromatic N) is 3. The lowest BCUT2D eigenvalue weighted by Crippen LogP contribution is -2.31. The molecule has 16 heavy (non-hydrogen) atoms. The summed E-state index contributed by atoms with van der Waals surface area (Å²) >= 11 is 0. The van der Waals surface area contributed by atoms with Gasteiger partial charge in [-0.3, -0.25) is 4.79 Å². The van der Waals surface area contributed by atoms with Crippen LogP contribution in [0.25, 0.3) is 0 Å². The van der Waals surface area contributed by atoms with Gasteiger partial charge in [-0.1, -0.05) is 0 Å². The van der Waals surface area contributed by atoms with Crippen LogP contribution in [-0.2, 0) is 11.2 Å². The normalized spacial score (nSPS) is 10.8. The minimum absolute atomic E-state index is 0.0118. The number of nitrogens with one attached hydrogen (secondary N) is 1. The molecule has 0 aliphatic rings. The molecule has 0 saturated heterocycles. The monoisotopic (exact) mass is 226 g/mol. The minimum atomic E-state index is 0.0118. The molecule has 0 aliphatic carbocycles. The van der Waals surface area contributed by atoms with Crippen LogP contribution in [0.3, 0.4) is 0 Å². The summed E-state index contributed by atoms with van der Waals surface area (Å²) in [5, 5.41) is 10.3. The number of hydrogen-bond donors (Lipinski definition) is 1. The fraction of sp³-hybridized carbons (Fsp3) is 0.700. The first-order chi connectivity index (χ1) is 7.58. The van der Waals surface area contributed by atoms with Gasteiger partial charge in [0.1, 0.15) is 0 Å². The van der Waals surface area contributed by atoms with Crippen molar-refractivity contribution in [1.29, 1.82) is 0 Å². The first kappa shape index (κ1) is 12.6. The molecule has 1 rings (SSSR count). The maximum absolute atomic E-state index is 11.4. The topological polar surface area (TPSA) is 71.3 Å². The first-order valence-corrected chi connectivity index (χ1v) is 5.28. The van der Waals surface area contributed by atoms with Gasteiger partial charge in [0.15, 0.2) is 0 Å². The van der Waals surface area contributed by atoms with E-state index in [9.17, 15) is 4.79 Å². The van der Waals surface area contributed by atoms with Crippen LogP contribution in [0.2, 0.25) is 0 Å². The summed E-state index contributed by atoms with van der Waals surface area (Å²) in [6, 6.07) is 0. The van der Waals surface area contributed by atoms with Crippen molar-refractivity contribution in [1.82, 2.24) is 20.4 Å². The maximum Gasteiger partial charge on any atom is 0.220 e. The van der Waals surface area contributed by atoms with Crippen molar-refractivity contribution >= 4 is 5.91 Å². The first-order valence-electron chi connectivity index (χ1n) is 5.28. The lowest BCUT2D eigenvalue weighted by Gasteiger charge is -2.09. The number of amides is 1. The second kappa shape index (κ2) is 6.22. The Morgan fingerprint density at radius 2 is 2.19 bits per heavy atom. The summed E-state index contributed by atoms with van der Waals surface area (Å²) in [5.74, 6) is 1.06. The number of aromatic nitrogens is 2. The second-order valence-electron chi connectivity index (χ2n) is 3.87. The maximum atomic E-state index is 11.4. The van der Waals surface area contributed by atoms with Crippen molar-refractivity contribution < 1.29 is 9.21 Å². The smallest absolute Gasteiger partial charge is 0.220 e. The average molecular weight is 226 g/mol. The standard InChI is InChI=1S/C10H18N4O2/c1-8-12-13-10(16-8)5-4-9(15)11-6-7-14(2)3/h4-7H2,1-3H3,(H,11,15). The number of carbonyl (C=O) groups is 1. The molecule has 0 unspecified atom stereocenters. The van der Waals surface area contributed by atoms with Crippen molar-refractivity contribution in [2.45, 2.75) is 19.8 Å². The molecule has 1 N–H and O–H groups in total. The fourth-order valence-electron chi connectivity index (χ4n) is 1.17. The van der Waals surface area contributed by atoms with Gasteiger partial charge in [-0.05, 0) is 14.1 Å². The van der Waals surface area contributed by atoms with Gasteiger partial charge in [0, 0.05) is 32.9 Å². The van der Waals surface area contributed by atoms with E-state index in [1.807, 2.05) is 19.0 Å². The third kappa shape index (κ3) is 4.88. The Hall–Kier alpha value is -1.43. The van der Waals surface area contributed by atoms with Crippen molar-refractivity contribution in [2.24, 2.45) is 0 Å². The van der Waals surface area contributed by atoms with E-state index in [1.165, 1.54) is 0 Å². The molecule has 6 heteroatoms. The van der Waals surface area contributed by atoms with Crippen LogP contribution in [0.5, 0.6) is 0 Å². The van der Waals surface area contributed by atoms with E-state index in [4.69, 9.17) is 4.42 Å². The molecular formula is C10H18N4O2. The predicted octanol–water partition coefficient (Wildman–Crippen LogP) is -0.0116. The number of rotatable bonds is 6. The van der Waals surface area contributed by atoms with Gasteiger partial charge < -0.3 is 14.6 Å². The van der Waals surface area contributed by atoms with Gasteiger partial charge in [-0.2, -0.15) is 0 Å². The molecule has 0 radical (unpaired) electrons. The predicted molar refractivity (Wildman–Crippen MR) is 58.9 cm³/mol. The van der Waals surface area contributed by atoms with Gasteiger partial charge in [0.25, 0.3) is 0 Å². The highest BCUT2D eigenvalue weighted by molar-refractivity contribution is 5.75. The van der Waals surface area contributed by atoms with Gasteiger partial charge in [-0.25, -0.2) is 0 Å². The zero-order valence-electron chi connectivity index (χ0n) is 9.99. The van der Waals surface area contributed by atoms with E-state index in [1.54, 1.807) is 6.92 Å². The third-order valence-corrected chi connectivity index (χ3v) is 2.01. The lowest BCUT2D eigenvalue weighted by molar-refractivity contribution is -0.121. The van der Waals surface area contributed by atoms with E-state index < -0.39 is 0 Å². The zero-order chi connectivity index (χ0) is 12.0. The van der Waals surface area contributed by atoms with Crippen LogP contribution in [0, 0.1) is 6.92 Å². The highest BCUT2D eigenvalue weighted by atomic mass is 16.4. The molecule has 6 nitrogen and oxygen atoms in total. The number of aryl methyl sites for hydroxylation is 2. The molecular weight excluding hydrogens is 208 g/mol. The minimum Gasteiger partial charge on any atom is -0.426 e. The molecule has 0 atom stereocenters. The van der Waals surface area contributed by atoms with Crippen LogP contribution in [0.15, 0.2) is 4.42 Å². The molecule has 0 aromatic carbocycles. The van der Waals surface area contributed by atoms with Gasteiger partial charge in [0.2, 0.25) is 17.7 Å². The molecule has 0 fully saturated rings. The summed E-state index contributed by atoms with van der Waals surface area (Å²) in [4.78, 5) is 13.4. The van der Waals surface area contributed by atoms with Crippen LogP contribution in [0.4, 0.5) is 0 Å². The average Bonchev–Trinajstić information content (AvgIpc) is 2.61. The van der Waals surface area contributed by atoms with Crippen molar-refractivity contribution in [3.05, 3.63) is 11.8 Å².